The Morgan fingerprint density at radius 1 is 1.27 bits per heavy atom. The van der Waals surface area contributed by atoms with Crippen LogP contribution in [0.3, 0.4) is 0 Å². The third-order valence-electron chi connectivity index (χ3n) is 4.63. The lowest BCUT2D eigenvalue weighted by atomic mass is 10.0. The maximum absolute atomic E-state index is 12.3. The molecule has 0 bridgehead atoms. The molecule has 1 aliphatic rings. The minimum atomic E-state index is -0.432. The summed E-state index contributed by atoms with van der Waals surface area (Å²) in [6.45, 7) is 1.41. The predicted molar refractivity (Wildman–Crippen MR) is 111 cm³/mol. The van der Waals surface area contributed by atoms with Gasteiger partial charge in [-0.1, -0.05) is 30.3 Å². The van der Waals surface area contributed by atoms with Gasteiger partial charge in [0.25, 0.3) is 0 Å². The van der Waals surface area contributed by atoms with Crippen LogP contribution in [0.2, 0.25) is 0 Å². The Balaban J connectivity index is 0.00000338. The van der Waals surface area contributed by atoms with Crippen molar-refractivity contribution in [1.29, 1.82) is 0 Å². The number of carbonyl (C=O) groups is 2. The molecule has 1 aromatic carbocycles. The summed E-state index contributed by atoms with van der Waals surface area (Å²) in [6.07, 6.45) is 5.64. The number of likely N-dealkylation sites (tertiary alicyclic amines) is 1. The molecule has 0 aromatic heterocycles. The number of carbonyl (C=O) groups excluding carboxylic acids is 2. The van der Waals surface area contributed by atoms with Gasteiger partial charge >= 0.3 is 0 Å². The molecular formula is C19H30ClN3O2S. The Morgan fingerprint density at radius 3 is 2.54 bits per heavy atom. The second-order valence-electron chi connectivity index (χ2n) is 6.54. The van der Waals surface area contributed by atoms with Gasteiger partial charge in [-0.2, -0.15) is 11.8 Å². The van der Waals surface area contributed by atoms with Crippen LogP contribution in [0.5, 0.6) is 0 Å². The molecule has 26 heavy (non-hydrogen) atoms. The molecule has 0 saturated carbocycles. The van der Waals surface area contributed by atoms with Gasteiger partial charge in [-0.25, -0.2) is 0 Å². The molecule has 0 aliphatic carbocycles. The van der Waals surface area contributed by atoms with Gasteiger partial charge < -0.3 is 16.0 Å². The number of aryl methyl sites for hydroxylation is 1. The minimum Gasteiger partial charge on any atom is -0.352 e. The highest BCUT2D eigenvalue weighted by Gasteiger charge is 2.25. The topological polar surface area (TPSA) is 75.4 Å². The number of hydrogen-bond donors (Lipinski definition) is 2. The van der Waals surface area contributed by atoms with Gasteiger partial charge in [-0.15, -0.1) is 12.4 Å². The molecule has 0 spiro atoms. The molecule has 1 aliphatic heterocycles. The summed E-state index contributed by atoms with van der Waals surface area (Å²) in [5.74, 6) is 1.02. The highest BCUT2D eigenvalue weighted by atomic mass is 35.5. The zero-order valence-electron chi connectivity index (χ0n) is 15.4. The smallest absolute Gasteiger partial charge is 0.237 e. The van der Waals surface area contributed by atoms with E-state index < -0.39 is 6.04 Å². The van der Waals surface area contributed by atoms with Crippen LogP contribution in [-0.2, 0) is 16.0 Å². The van der Waals surface area contributed by atoms with Crippen LogP contribution in [0, 0.1) is 0 Å². The van der Waals surface area contributed by atoms with Gasteiger partial charge in [0.15, 0.2) is 0 Å². The lowest BCUT2D eigenvalue weighted by Gasteiger charge is -2.33. The molecule has 146 valence electrons. The molecule has 2 amide bonds. The maximum Gasteiger partial charge on any atom is 0.237 e. The van der Waals surface area contributed by atoms with Crippen LogP contribution in [-0.4, -0.2) is 53.9 Å². The van der Waals surface area contributed by atoms with Crippen LogP contribution in [0.25, 0.3) is 0 Å². The van der Waals surface area contributed by atoms with Crippen molar-refractivity contribution in [1.82, 2.24) is 10.2 Å². The number of rotatable bonds is 8. The Hall–Kier alpha value is -1.24. The van der Waals surface area contributed by atoms with E-state index in [1.807, 2.05) is 29.4 Å². The number of nitrogens with one attached hydrogen (secondary N) is 1. The van der Waals surface area contributed by atoms with Gasteiger partial charge in [0, 0.05) is 25.6 Å². The van der Waals surface area contributed by atoms with Crippen LogP contribution in [0.1, 0.15) is 31.2 Å². The number of nitrogens with zero attached hydrogens (tertiary/aromatic N) is 1. The summed E-state index contributed by atoms with van der Waals surface area (Å²) in [4.78, 5) is 26.3. The normalized spacial score (nSPS) is 15.8. The molecule has 1 saturated heterocycles. The molecule has 1 unspecified atom stereocenters. The van der Waals surface area contributed by atoms with E-state index >= 15 is 0 Å². The average Bonchev–Trinajstić information content (AvgIpc) is 2.65. The Labute approximate surface area is 166 Å². The summed E-state index contributed by atoms with van der Waals surface area (Å²) in [5, 5.41) is 3.03. The first kappa shape index (κ1) is 22.8. The van der Waals surface area contributed by atoms with E-state index in [-0.39, 0.29) is 30.3 Å². The average molecular weight is 400 g/mol. The van der Waals surface area contributed by atoms with Crippen molar-refractivity contribution in [3.05, 3.63) is 35.9 Å². The monoisotopic (exact) mass is 399 g/mol. The molecule has 5 nitrogen and oxygen atoms in total. The Morgan fingerprint density at radius 2 is 1.92 bits per heavy atom. The molecule has 1 fully saturated rings. The van der Waals surface area contributed by atoms with Gasteiger partial charge in [-0.05, 0) is 43.3 Å². The van der Waals surface area contributed by atoms with Crippen molar-refractivity contribution in [2.24, 2.45) is 5.73 Å². The fourth-order valence-corrected chi connectivity index (χ4v) is 3.50. The Kier molecular flexibility index (Phi) is 10.7. The van der Waals surface area contributed by atoms with Gasteiger partial charge in [0.2, 0.25) is 11.8 Å². The van der Waals surface area contributed by atoms with Gasteiger partial charge in [0.1, 0.15) is 0 Å². The van der Waals surface area contributed by atoms with Crippen molar-refractivity contribution in [3.8, 4) is 0 Å². The number of halogens is 1. The molecular weight excluding hydrogens is 370 g/mol. The van der Waals surface area contributed by atoms with Crippen LogP contribution >= 0.6 is 24.2 Å². The van der Waals surface area contributed by atoms with E-state index in [9.17, 15) is 9.59 Å². The summed E-state index contributed by atoms with van der Waals surface area (Å²) in [7, 11) is 0. The van der Waals surface area contributed by atoms with E-state index in [1.54, 1.807) is 11.8 Å². The number of amides is 2. The van der Waals surface area contributed by atoms with Crippen molar-refractivity contribution in [3.63, 3.8) is 0 Å². The fraction of sp³-hybridized carbons (Fsp3) is 0.579. The zero-order valence-corrected chi connectivity index (χ0v) is 17.0. The van der Waals surface area contributed by atoms with Crippen molar-refractivity contribution in [2.75, 3.05) is 25.1 Å². The molecule has 2 rings (SSSR count). The van der Waals surface area contributed by atoms with Crippen molar-refractivity contribution >= 4 is 36.0 Å². The van der Waals surface area contributed by atoms with Crippen LogP contribution < -0.4 is 11.1 Å². The van der Waals surface area contributed by atoms with Crippen LogP contribution in [0.4, 0.5) is 0 Å². The first-order valence-electron chi connectivity index (χ1n) is 8.96. The van der Waals surface area contributed by atoms with Gasteiger partial charge in [0.05, 0.1) is 6.04 Å². The Bertz CT molecular complexity index is 551. The second-order valence-corrected chi connectivity index (χ2v) is 7.52. The second kappa shape index (κ2) is 12.2. The van der Waals surface area contributed by atoms with E-state index in [4.69, 9.17) is 5.73 Å². The van der Waals surface area contributed by atoms with Crippen molar-refractivity contribution < 1.29 is 9.59 Å². The first-order valence-corrected chi connectivity index (χ1v) is 10.4. The summed E-state index contributed by atoms with van der Waals surface area (Å²) >= 11 is 1.70. The molecule has 1 atom stereocenters. The molecule has 7 heteroatoms. The highest BCUT2D eigenvalue weighted by Crippen LogP contribution is 2.13. The van der Waals surface area contributed by atoms with E-state index in [2.05, 4.69) is 17.4 Å². The van der Waals surface area contributed by atoms with Gasteiger partial charge in [-0.3, -0.25) is 9.59 Å². The van der Waals surface area contributed by atoms with E-state index in [0.29, 0.717) is 25.9 Å². The minimum absolute atomic E-state index is 0. The highest BCUT2D eigenvalue weighted by molar-refractivity contribution is 7.98. The molecule has 1 heterocycles. The van der Waals surface area contributed by atoms with E-state index in [1.165, 1.54) is 5.56 Å². The third-order valence-corrected chi connectivity index (χ3v) is 5.28. The standard InChI is InChI=1S/C19H29N3O2S.ClH/c1-25-14-11-17(20)19(24)21-16-9-12-22(13-10-16)18(23)8-7-15-5-3-2-4-6-15;/h2-6,16-17H,7-14,20H2,1H3,(H,21,24);1H. The molecule has 1 aromatic rings. The number of thioether (sulfide) groups is 1. The number of hydrogen-bond acceptors (Lipinski definition) is 4. The predicted octanol–water partition coefficient (Wildman–Crippen LogP) is 2.23. The quantitative estimate of drug-likeness (QED) is 0.702. The largest absolute Gasteiger partial charge is 0.352 e. The summed E-state index contributed by atoms with van der Waals surface area (Å²) in [6, 6.07) is 9.78. The lowest BCUT2D eigenvalue weighted by Crippen LogP contribution is -2.50. The molecule has 3 N–H and O–H groups in total. The zero-order chi connectivity index (χ0) is 18.1. The summed E-state index contributed by atoms with van der Waals surface area (Å²) < 4.78 is 0. The first-order chi connectivity index (χ1) is 12.1. The summed E-state index contributed by atoms with van der Waals surface area (Å²) in [5.41, 5.74) is 7.09. The molecule has 0 radical (unpaired) electrons. The van der Waals surface area contributed by atoms with Crippen LogP contribution in [0.15, 0.2) is 30.3 Å². The lowest BCUT2D eigenvalue weighted by molar-refractivity contribution is -0.132. The maximum atomic E-state index is 12.3. The number of piperidine rings is 1. The fourth-order valence-electron chi connectivity index (χ4n) is 3.01. The number of nitrogens with two attached hydrogens (primary N) is 1. The van der Waals surface area contributed by atoms with E-state index in [0.717, 1.165) is 25.0 Å². The third kappa shape index (κ3) is 7.56. The SMILES string of the molecule is CSCCC(N)C(=O)NC1CCN(C(=O)CCc2ccccc2)CC1.Cl. The van der Waals surface area contributed by atoms with Crippen molar-refractivity contribution in [2.45, 2.75) is 44.2 Å². The number of benzene rings is 1.